The number of sulfone groups is 1. The number of carbonyl (C=O) groups excluding carboxylic acids is 2. The molecule has 0 bridgehead atoms. The van der Waals surface area contributed by atoms with Gasteiger partial charge in [0, 0.05) is 57.4 Å². The maximum absolute atomic E-state index is 13.8. The quantitative estimate of drug-likeness (QED) is 0.333. The summed E-state index contributed by atoms with van der Waals surface area (Å²) in [7, 11) is -3.84. The number of aromatic amines is 1. The van der Waals surface area contributed by atoms with E-state index in [9.17, 15) is 18.0 Å². The van der Waals surface area contributed by atoms with Gasteiger partial charge in [0.1, 0.15) is 0 Å². The Kier molecular flexibility index (Phi) is 9.30. The third-order valence-corrected chi connectivity index (χ3v) is 11.2. The molecule has 6 rings (SSSR count). The predicted octanol–water partition coefficient (Wildman–Crippen LogP) is 5.28. The Balaban J connectivity index is 0.00000384. The molecule has 3 aliphatic rings. The zero-order valence-corrected chi connectivity index (χ0v) is 27.0. The lowest BCUT2D eigenvalue weighted by atomic mass is 10.0. The minimum absolute atomic E-state index is 0. The molecule has 4 heterocycles. The van der Waals surface area contributed by atoms with Crippen molar-refractivity contribution in [1.82, 2.24) is 14.8 Å². The SMILES string of the molecule is Cc1[nH]c(C=C2C(=O)Nc3ccc(S(=O)(=O)Cc4c(Cl)cccc4Cl)cc32)c(C)c1C(=O)N1CCC[C@@H]1CN1CCCC1.O. The lowest BCUT2D eigenvalue weighted by Crippen LogP contribution is -2.42. The second-order valence-electron chi connectivity index (χ2n) is 11.6. The molecule has 0 aliphatic carbocycles. The Morgan fingerprint density at radius 2 is 1.75 bits per heavy atom. The molecule has 0 radical (unpaired) electrons. The Morgan fingerprint density at radius 1 is 1.05 bits per heavy atom. The number of amides is 2. The standard InChI is InChI=1S/C32H34Cl2N4O4S.H2O/c1-19-29(35-20(2)30(19)32(40)38-14-6-7-21(38)17-37-12-3-4-13-37)16-24-23-15-22(10-11-28(23)36-31(24)39)43(41,42)18-25-26(33)8-5-9-27(25)34;/h5,8-11,15-16,21,35H,3-4,6-7,12-14,17-18H2,1-2H3,(H,36,39);1H2/t21-;/m1./s1. The van der Waals surface area contributed by atoms with Gasteiger partial charge in [-0.1, -0.05) is 29.3 Å². The number of carbonyl (C=O) groups is 2. The summed E-state index contributed by atoms with van der Waals surface area (Å²) in [6, 6.07) is 9.62. The van der Waals surface area contributed by atoms with Gasteiger partial charge in [-0.05, 0) is 94.6 Å². The van der Waals surface area contributed by atoms with Crippen LogP contribution in [0.25, 0.3) is 11.6 Å². The van der Waals surface area contributed by atoms with Crippen LogP contribution in [0.1, 0.15) is 64.1 Å². The highest BCUT2D eigenvalue weighted by Gasteiger charge is 2.34. The third kappa shape index (κ3) is 6.06. The van der Waals surface area contributed by atoms with Crippen molar-refractivity contribution in [2.24, 2.45) is 0 Å². The van der Waals surface area contributed by atoms with Gasteiger partial charge in [-0.15, -0.1) is 0 Å². The maximum atomic E-state index is 13.8. The first-order valence-corrected chi connectivity index (χ1v) is 17.0. The summed E-state index contributed by atoms with van der Waals surface area (Å²) >= 11 is 12.5. The van der Waals surface area contributed by atoms with E-state index in [1.54, 1.807) is 30.3 Å². The first-order valence-electron chi connectivity index (χ1n) is 14.6. The highest BCUT2D eigenvalue weighted by atomic mass is 35.5. The molecule has 0 saturated carbocycles. The van der Waals surface area contributed by atoms with Crippen LogP contribution >= 0.6 is 23.2 Å². The summed E-state index contributed by atoms with van der Waals surface area (Å²) in [4.78, 5) is 34.7. The molecule has 3 aliphatic heterocycles. The van der Waals surface area contributed by atoms with Crippen molar-refractivity contribution in [1.29, 1.82) is 0 Å². The van der Waals surface area contributed by atoms with E-state index in [4.69, 9.17) is 23.2 Å². The minimum atomic E-state index is -3.84. The Morgan fingerprint density at radius 3 is 2.45 bits per heavy atom. The van der Waals surface area contributed by atoms with E-state index in [1.165, 1.54) is 25.0 Å². The fraction of sp³-hybridized carbons (Fsp3) is 0.375. The summed E-state index contributed by atoms with van der Waals surface area (Å²) in [6.45, 7) is 7.61. The Labute approximate surface area is 267 Å². The third-order valence-electron chi connectivity index (χ3n) is 8.81. The van der Waals surface area contributed by atoms with Gasteiger partial charge < -0.3 is 25.6 Å². The first kappa shape index (κ1) is 32.2. The van der Waals surface area contributed by atoms with Crippen molar-refractivity contribution in [2.75, 3.05) is 31.5 Å². The van der Waals surface area contributed by atoms with Gasteiger partial charge in [0.15, 0.2) is 9.84 Å². The van der Waals surface area contributed by atoms with Gasteiger partial charge >= 0.3 is 0 Å². The van der Waals surface area contributed by atoms with Crippen LogP contribution < -0.4 is 5.32 Å². The second-order valence-corrected chi connectivity index (χ2v) is 14.4. The van der Waals surface area contributed by atoms with Crippen LogP contribution in [0.15, 0.2) is 41.3 Å². The Bertz CT molecular complexity index is 1740. The molecule has 1 aromatic heterocycles. The van der Waals surface area contributed by atoms with E-state index in [2.05, 4.69) is 15.2 Å². The van der Waals surface area contributed by atoms with E-state index >= 15 is 0 Å². The smallest absolute Gasteiger partial charge is 0.256 e. The number of benzene rings is 2. The Hall–Kier alpha value is -3.15. The van der Waals surface area contributed by atoms with Gasteiger partial charge in [-0.2, -0.15) is 0 Å². The molecule has 44 heavy (non-hydrogen) atoms. The number of halogens is 2. The average molecular weight is 660 g/mol. The molecule has 0 spiro atoms. The number of fused-ring (bicyclic) bond motifs is 1. The number of hydrogen-bond acceptors (Lipinski definition) is 5. The molecular formula is C32H36Cl2N4O5S. The molecule has 0 unspecified atom stereocenters. The van der Waals surface area contributed by atoms with E-state index in [1.807, 2.05) is 18.7 Å². The van der Waals surface area contributed by atoms with Crippen LogP contribution in [-0.2, 0) is 20.4 Å². The van der Waals surface area contributed by atoms with Crippen LogP contribution in [0.2, 0.25) is 10.0 Å². The van der Waals surface area contributed by atoms with E-state index in [0.29, 0.717) is 33.6 Å². The zero-order valence-electron chi connectivity index (χ0n) is 24.7. The number of aromatic nitrogens is 1. The van der Waals surface area contributed by atoms with Crippen LogP contribution in [0.5, 0.6) is 0 Å². The van der Waals surface area contributed by atoms with E-state index in [-0.39, 0.29) is 44.0 Å². The molecule has 2 amide bonds. The average Bonchev–Trinajstić information content (AvgIpc) is 3.75. The lowest BCUT2D eigenvalue weighted by Gasteiger charge is -2.28. The van der Waals surface area contributed by atoms with Crippen LogP contribution in [0.3, 0.4) is 0 Å². The normalized spacial score (nSPS) is 19.4. The van der Waals surface area contributed by atoms with Gasteiger partial charge in [-0.3, -0.25) is 9.59 Å². The van der Waals surface area contributed by atoms with Gasteiger partial charge in [0.05, 0.1) is 21.8 Å². The number of likely N-dealkylation sites (tertiary alicyclic amines) is 2. The first-order chi connectivity index (χ1) is 20.5. The molecule has 2 saturated heterocycles. The number of nitrogens with one attached hydrogen (secondary N) is 2. The number of aryl methyl sites for hydroxylation is 1. The molecule has 9 nitrogen and oxygen atoms in total. The fourth-order valence-electron chi connectivity index (χ4n) is 6.53. The van der Waals surface area contributed by atoms with Gasteiger partial charge in [0.25, 0.3) is 11.8 Å². The van der Waals surface area contributed by atoms with Crippen molar-refractivity contribution in [3.05, 3.63) is 80.1 Å². The van der Waals surface area contributed by atoms with Crippen molar-refractivity contribution >= 4 is 62.2 Å². The summed E-state index contributed by atoms with van der Waals surface area (Å²) in [5.41, 5.74) is 4.42. The highest BCUT2D eigenvalue weighted by Crippen LogP contribution is 2.37. The summed E-state index contributed by atoms with van der Waals surface area (Å²) in [5, 5.41) is 3.37. The van der Waals surface area contributed by atoms with Crippen LogP contribution in [-0.4, -0.2) is 72.7 Å². The molecule has 234 valence electrons. The summed E-state index contributed by atoms with van der Waals surface area (Å²) in [6.07, 6.45) is 6.14. The van der Waals surface area contributed by atoms with Crippen molar-refractivity contribution in [3.8, 4) is 0 Å². The maximum Gasteiger partial charge on any atom is 0.256 e. The van der Waals surface area contributed by atoms with Crippen molar-refractivity contribution in [3.63, 3.8) is 0 Å². The molecule has 2 fully saturated rings. The number of nitrogens with zero attached hydrogens (tertiary/aromatic N) is 2. The number of rotatable bonds is 7. The predicted molar refractivity (Wildman–Crippen MR) is 174 cm³/mol. The topological polar surface area (TPSA) is 134 Å². The van der Waals surface area contributed by atoms with Gasteiger partial charge in [0.2, 0.25) is 0 Å². The molecule has 4 N–H and O–H groups in total. The fourth-order valence-corrected chi connectivity index (χ4v) is 8.65. The molecule has 2 aromatic carbocycles. The van der Waals surface area contributed by atoms with Crippen molar-refractivity contribution < 1.29 is 23.5 Å². The van der Waals surface area contributed by atoms with Crippen LogP contribution in [0.4, 0.5) is 5.69 Å². The molecular weight excluding hydrogens is 623 g/mol. The lowest BCUT2D eigenvalue weighted by molar-refractivity contribution is -0.110. The number of hydrogen-bond donors (Lipinski definition) is 2. The number of anilines is 1. The highest BCUT2D eigenvalue weighted by molar-refractivity contribution is 7.90. The largest absolute Gasteiger partial charge is 0.412 e. The molecule has 3 aromatic rings. The van der Waals surface area contributed by atoms with Crippen LogP contribution in [0, 0.1) is 13.8 Å². The van der Waals surface area contributed by atoms with Crippen molar-refractivity contribution in [2.45, 2.75) is 56.2 Å². The summed E-state index contributed by atoms with van der Waals surface area (Å²) in [5.74, 6) is -0.704. The number of H-pyrrole nitrogens is 1. The molecule has 1 atom stereocenters. The second kappa shape index (κ2) is 12.7. The van der Waals surface area contributed by atoms with E-state index < -0.39 is 9.84 Å². The monoisotopic (exact) mass is 658 g/mol. The zero-order chi connectivity index (χ0) is 30.5. The summed E-state index contributed by atoms with van der Waals surface area (Å²) < 4.78 is 26.8. The van der Waals surface area contributed by atoms with Gasteiger partial charge in [-0.25, -0.2) is 8.42 Å². The molecule has 12 heteroatoms. The minimum Gasteiger partial charge on any atom is -0.412 e. The van der Waals surface area contributed by atoms with E-state index in [0.717, 1.165) is 50.3 Å².